The van der Waals surface area contributed by atoms with E-state index in [1.807, 2.05) is 26.0 Å². The van der Waals surface area contributed by atoms with Crippen LogP contribution in [0.4, 0.5) is 0 Å². The average Bonchev–Trinajstić information content (AvgIpc) is 2.82. The van der Waals surface area contributed by atoms with Crippen molar-refractivity contribution in [3.8, 4) is 5.75 Å². The summed E-state index contributed by atoms with van der Waals surface area (Å²) >= 11 is 6.16. The molecule has 0 atom stereocenters. The molecule has 0 saturated carbocycles. The van der Waals surface area contributed by atoms with Crippen LogP contribution < -0.4 is 4.74 Å². The lowest BCUT2D eigenvalue weighted by molar-refractivity contribution is -0.159. The van der Waals surface area contributed by atoms with E-state index in [0.717, 1.165) is 35.1 Å². The summed E-state index contributed by atoms with van der Waals surface area (Å²) in [6.07, 6.45) is 5.43. The Kier molecular flexibility index (Phi) is 9.31. The van der Waals surface area contributed by atoms with Gasteiger partial charge < -0.3 is 14.9 Å². The summed E-state index contributed by atoms with van der Waals surface area (Å²) < 4.78 is 5.87. The molecular formula is C18H26ClNO5. The van der Waals surface area contributed by atoms with Crippen molar-refractivity contribution in [3.63, 3.8) is 0 Å². The summed E-state index contributed by atoms with van der Waals surface area (Å²) in [4.78, 5) is 20.7. The number of hydrogen-bond acceptors (Lipinski definition) is 4. The van der Waals surface area contributed by atoms with Gasteiger partial charge in [0.25, 0.3) is 0 Å². The van der Waals surface area contributed by atoms with Gasteiger partial charge in [0.15, 0.2) is 0 Å². The molecule has 0 amide bonds. The van der Waals surface area contributed by atoms with Gasteiger partial charge in [-0.3, -0.25) is 4.90 Å². The lowest BCUT2D eigenvalue weighted by Gasteiger charge is -2.20. The smallest absolute Gasteiger partial charge is 0.414 e. The monoisotopic (exact) mass is 371 g/mol. The number of aliphatic carboxylic acids is 2. The van der Waals surface area contributed by atoms with Crippen LogP contribution in [0.15, 0.2) is 12.1 Å². The van der Waals surface area contributed by atoms with Crippen molar-refractivity contribution in [2.24, 2.45) is 0 Å². The molecule has 1 aliphatic heterocycles. The van der Waals surface area contributed by atoms with Crippen LogP contribution in [0.3, 0.4) is 0 Å². The highest BCUT2D eigenvalue weighted by molar-refractivity contribution is 6.32. The molecule has 7 heteroatoms. The first kappa shape index (κ1) is 21.3. The van der Waals surface area contributed by atoms with Crippen LogP contribution in [-0.2, 0) is 9.59 Å². The summed E-state index contributed by atoms with van der Waals surface area (Å²) in [5, 5.41) is 15.6. The van der Waals surface area contributed by atoms with Gasteiger partial charge in [-0.15, -0.1) is 0 Å². The van der Waals surface area contributed by atoms with Crippen LogP contribution in [-0.4, -0.2) is 53.3 Å². The average molecular weight is 372 g/mol. The number of ether oxygens (including phenoxy) is 1. The second-order valence-corrected chi connectivity index (χ2v) is 6.46. The number of halogens is 1. The Morgan fingerprint density at radius 1 is 1.04 bits per heavy atom. The van der Waals surface area contributed by atoms with Gasteiger partial charge in [-0.05, 0) is 63.0 Å². The molecule has 25 heavy (non-hydrogen) atoms. The van der Waals surface area contributed by atoms with E-state index in [1.165, 1.54) is 38.8 Å². The Hall–Kier alpha value is -1.79. The fraction of sp³-hybridized carbons (Fsp3) is 0.556. The van der Waals surface area contributed by atoms with Gasteiger partial charge in [0, 0.05) is 11.6 Å². The number of nitrogens with zero attached hydrogens (tertiary/aromatic N) is 1. The molecule has 1 aliphatic rings. The lowest BCUT2D eigenvalue weighted by Crippen LogP contribution is -2.29. The Bertz CT molecular complexity index is 548. The van der Waals surface area contributed by atoms with E-state index in [1.54, 1.807) is 0 Å². The number of likely N-dealkylation sites (tertiary alicyclic amines) is 1. The Morgan fingerprint density at radius 2 is 1.52 bits per heavy atom. The van der Waals surface area contributed by atoms with Crippen molar-refractivity contribution in [1.82, 2.24) is 4.90 Å². The SMILES string of the molecule is Cc1cc(OCCN2CCCCCC2)cc(C)c1Cl.O=C(O)C(=O)O. The summed E-state index contributed by atoms with van der Waals surface area (Å²) in [6.45, 7) is 8.29. The molecule has 0 aliphatic carbocycles. The minimum atomic E-state index is -1.82. The van der Waals surface area contributed by atoms with E-state index in [9.17, 15) is 0 Å². The fourth-order valence-electron chi connectivity index (χ4n) is 2.64. The predicted octanol–water partition coefficient (Wildman–Crippen LogP) is 3.37. The highest BCUT2D eigenvalue weighted by Gasteiger charge is 2.09. The van der Waals surface area contributed by atoms with Gasteiger partial charge >= 0.3 is 11.9 Å². The van der Waals surface area contributed by atoms with E-state index in [4.69, 9.17) is 36.1 Å². The summed E-state index contributed by atoms with van der Waals surface area (Å²) in [5.74, 6) is -2.71. The zero-order chi connectivity index (χ0) is 18.8. The number of rotatable bonds is 4. The molecule has 0 unspecified atom stereocenters. The molecule has 0 aromatic heterocycles. The van der Waals surface area contributed by atoms with Gasteiger partial charge in [0.2, 0.25) is 0 Å². The van der Waals surface area contributed by atoms with Crippen molar-refractivity contribution < 1.29 is 24.5 Å². The standard InChI is InChI=1S/C16H24ClNO.C2H2O4/c1-13-11-15(12-14(2)16(13)17)19-10-9-18-7-5-3-4-6-8-18;3-1(4)2(5)6/h11-12H,3-10H2,1-2H3;(H,3,4)(H,5,6). The number of hydrogen-bond donors (Lipinski definition) is 2. The van der Waals surface area contributed by atoms with E-state index in [0.29, 0.717) is 0 Å². The van der Waals surface area contributed by atoms with Gasteiger partial charge in [-0.25, -0.2) is 9.59 Å². The maximum atomic E-state index is 9.10. The number of benzene rings is 1. The minimum Gasteiger partial charge on any atom is -0.492 e. The molecule has 2 rings (SSSR count). The van der Waals surface area contributed by atoms with Gasteiger partial charge in [0.1, 0.15) is 12.4 Å². The number of carboxylic acids is 2. The third-order valence-electron chi connectivity index (χ3n) is 3.97. The van der Waals surface area contributed by atoms with Gasteiger partial charge in [-0.2, -0.15) is 0 Å². The number of aryl methyl sites for hydroxylation is 2. The third-order valence-corrected chi connectivity index (χ3v) is 4.56. The van der Waals surface area contributed by atoms with E-state index < -0.39 is 11.9 Å². The third kappa shape index (κ3) is 8.23. The van der Waals surface area contributed by atoms with Crippen LogP contribution in [0.1, 0.15) is 36.8 Å². The van der Waals surface area contributed by atoms with Crippen LogP contribution in [0.2, 0.25) is 5.02 Å². The molecule has 0 spiro atoms. The second kappa shape index (κ2) is 10.9. The lowest BCUT2D eigenvalue weighted by atomic mass is 10.1. The Labute approximate surface area is 153 Å². The largest absolute Gasteiger partial charge is 0.492 e. The zero-order valence-electron chi connectivity index (χ0n) is 14.8. The van der Waals surface area contributed by atoms with E-state index >= 15 is 0 Å². The predicted molar refractivity (Wildman–Crippen MR) is 96.6 cm³/mol. The first-order valence-electron chi connectivity index (χ1n) is 8.39. The molecule has 1 heterocycles. The maximum absolute atomic E-state index is 9.10. The molecule has 1 fully saturated rings. The van der Waals surface area contributed by atoms with Crippen molar-refractivity contribution in [1.29, 1.82) is 0 Å². The molecule has 6 nitrogen and oxygen atoms in total. The van der Waals surface area contributed by atoms with Crippen LogP contribution >= 0.6 is 11.6 Å². The molecule has 140 valence electrons. The number of carboxylic acid groups (broad SMARTS) is 2. The highest BCUT2D eigenvalue weighted by Crippen LogP contribution is 2.25. The topological polar surface area (TPSA) is 87.1 Å². The minimum absolute atomic E-state index is 0.764. The molecule has 1 aromatic carbocycles. The van der Waals surface area contributed by atoms with Crippen LogP contribution in [0.5, 0.6) is 5.75 Å². The van der Waals surface area contributed by atoms with Crippen molar-refractivity contribution in [2.75, 3.05) is 26.2 Å². The Morgan fingerprint density at radius 3 is 1.96 bits per heavy atom. The summed E-state index contributed by atoms with van der Waals surface area (Å²) in [7, 11) is 0. The van der Waals surface area contributed by atoms with Crippen LogP contribution in [0.25, 0.3) is 0 Å². The molecule has 0 radical (unpaired) electrons. The first-order chi connectivity index (χ1) is 11.8. The number of carbonyl (C=O) groups is 2. The van der Waals surface area contributed by atoms with Crippen molar-refractivity contribution in [2.45, 2.75) is 39.5 Å². The highest BCUT2D eigenvalue weighted by atomic mass is 35.5. The molecule has 0 bridgehead atoms. The molecule has 1 aromatic rings. The first-order valence-corrected chi connectivity index (χ1v) is 8.77. The van der Waals surface area contributed by atoms with Gasteiger partial charge in [0.05, 0.1) is 0 Å². The summed E-state index contributed by atoms with van der Waals surface area (Å²) in [5.41, 5.74) is 2.18. The quantitative estimate of drug-likeness (QED) is 0.789. The van der Waals surface area contributed by atoms with E-state index in [2.05, 4.69) is 4.90 Å². The molecular weight excluding hydrogens is 346 g/mol. The van der Waals surface area contributed by atoms with Crippen molar-refractivity contribution in [3.05, 3.63) is 28.3 Å². The second-order valence-electron chi connectivity index (χ2n) is 6.09. The maximum Gasteiger partial charge on any atom is 0.414 e. The fourth-order valence-corrected chi connectivity index (χ4v) is 2.75. The van der Waals surface area contributed by atoms with Gasteiger partial charge in [-0.1, -0.05) is 24.4 Å². The molecule has 1 saturated heterocycles. The zero-order valence-corrected chi connectivity index (χ0v) is 15.5. The Balaban J connectivity index is 0.000000450. The summed E-state index contributed by atoms with van der Waals surface area (Å²) in [6, 6.07) is 4.05. The molecule has 2 N–H and O–H groups in total. The van der Waals surface area contributed by atoms with E-state index in [-0.39, 0.29) is 0 Å². The van der Waals surface area contributed by atoms with Crippen molar-refractivity contribution >= 4 is 23.5 Å². The normalized spacial score (nSPS) is 14.8. The van der Waals surface area contributed by atoms with Crippen LogP contribution in [0, 0.1) is 13.8 Å².